The Morgan fingerprint density at radius 3 is 2.67 bits per heavy atom. The molecule has 0 saturated carbocycles. The maximum Gasteiger partial charge on any atom is 0.244 e. The molecule has 0 aliphatic rings. The minimum atomic E-state index is -3.80. The number of ether oxygens (including phenoxy) is 2. The molecule has 0 bridgehead atoms. The third kappa shape index (κ3) is 5.39. The van der Waals surface area contributed by atoms with E-state index in [1.54, 1.807) is 6.07 Å². The van der Waals surface area contributed by atoms with Crippen molar-refractivity contribution in [2.45, 2.75) is 17.4 Å². The second kappa shape index (κ2) is 8.30. The van der Waals surface area contributed by atoms with Crippen LogP contribution in [0, 0.1) is 0 Å². The van der Waals surface area contributed by atoms with Gasteiger partial charge in [0.1, 0.15) is 4.90 Å². The van der Waals surface area contributed by atoms with Crippen LogP contribution in [0.15, 0.2) is 21.5 Å². The van der Waals surface area contributed by atoms with Gasteiger partial charge in [-0.2, -0.15) is 0 Å². The number of rotatable bonds is 8. The molecular formula is C12H17BrClNO5S. The van der Waals surface area contributed by atoms with Gasteiger partial charge in [-0.05, 0) is 34.5 Å². The van der Waals surface area contributed by atoms with Gasteiger partial charge in [0, 0.05) is 18.7 Å². The topological polar surface area (TPSA) is 84.9 Å². The second-order valence-electron chi connectivity index (χ2n) is 4.21. The maximum atomic E-state index is 12.3. The Labute approximate surface area is 137 Å². The van der Waals surface area contributed by atoms with Crippen LogP contribution >= 0.6 is 27.5 Å². The van der Waals surface area contributed by atoms with Crippen molar-refractivity contribution in [1.29, 1.82) is 0 Å². The molecule has 120 valence electrons. The Bertz CT molecular complexity index is 581. The Morgan fingerprint density at radius 2 is 2.10 bits per heavy atom. The summed E-state index contributed by atoms with van der Waals surface area (Å²) in [6.07, 6.45) is -0.498. The first-order valence-electron chi connectivity index (χ1n) is 6.01. The SMILES string of the molecule is COCC(O)CCNS(=O)(=O)c1cc(Cl)cc(Br)c1OC. The molecule has 1 unspecified atom stereocenters. The number of sulfonamides is 1. The Hall–Kier alpha value is -0.380. The fourth-order valence-corrected chi connectivity index (χ4v) is 4.08. The number of hydrogen-bond donors (Lipinski definition) is 2. The largest absolute Gasteiger partial charge is 0.494 e. The van der Waals surface area contributed by atoms with Gasteiger partial charge in [0.2, 0.25) is 10.0 Å². The molecule has 0 aromatic heterocycles. The lowest BCUT2D eigenvalue weighted by Crippen LogP contribution is -2.29. The Kier molecular flexibility index (Phi) is 7.38. The first-order valence-corrected chi connectivity index (χ1v) is 8.67. The quantitative estimate of drug-likeness (QED) is 0.692. The highest BCUT2D eigenvalue weighted by atomic mass is 79.9. The average molecular weight is 403 g/mol. The molecule has 0 aliphatic heterocycles. The zero-order valence-corrected chi connectivity index (χ0v) is 14.8. The molecule has 0 saturated heterocycles. The molecule has 2 N–H and O–H groups in total. The molecule has 1 rings (SSSR count). The zero-order valence-electron chi connectivity index (χ0n) is 11.6. The maximum absolute atomic E-state index is 12.3. The number of aliphatic hydroxyl groups is 1. The van der Waals surface area contributed by atoms with E-state index in [1.165, 1.54) is 20.3 Å². The Balaban J connectivity index is 2.88. The van der Waals surface area contributed by atoms with Gasteiger partial charge >= 0.3 is 0 Å². The third-order valence-corrected chi connectivity index (χ3v) is 4.87. The predicted molar refractivity (Wildman–Crippen MR) is 83.4 cm³/mol. The van der Waals surface area contributed by atoms with Crippen LogP contribution in [-0.4, -0.2) is 47.0 Å². The van der Waals surface area contributed by atoms with Crippen molar-refractivity contribution < 1.29 is 23.0 Å². The summed E-state index contributed by atoms with van der Waals surface area (Å²) >= 11 is 9.08. The number of hydrogen-bond acceptors (Lipinski definition) is 5. The van der Waals surface area contributed by atoms with Crippen molar-refractivity contribution in [2.75, 3.05) is 27.4 Å². The minimum absolute atomic E-state index is 0.0643. The lowest BCUT2D eigenvalue weighted by atomic mass is 10.3. The second-order valence-corrected chi connectivity index (χ2v) is 7.24. The van der Waals surface area contributed by atoms with Crippen LogP contribution in [-0.2, 0) is 14.8 Å². The van der Waals surface area contributed by atoms with Gasteiger partial charge in [-0.25, -0.2) is 13.1 Å². The molecule has 0 fully saturated rings. The normalized spacial score (nSPS) is 13.2. The fraction of sp³-hybridized carbons (Fsp3) is 0.500. The van der Waals surface area contributed by atoms with E-state index in [1.807, 2.05) is 0 Å². The van der Waals surface area contributed by atoms with Crippen LogP contribution in [0.25, 0.3) is 0 Å². The van der Waals surface area contributed by atoms with Gasteiger partial charge in [0.25, 0.3) is 0 Å². The van der Waals surface area contributed by atoms with E-state index in [9.17, 15) is 13.5 Å². The molecule has 0 radical (unpaired) electrons. The van der Waals surface area contributed by atoms with E-state index in [4.69, 9.17) is 21.1 Å². The van der Waals surface area contributed by atoms with E-state index in [0.717, 1.165) is 0 Å². The molecule has 21 heavy (non-hydrogen) atoms. The Morgan fingerprint density at radius 1 is 1.43 bits per heavy atom. The number of nitrogens with one attached hydrogen (secondary N) is 1. The van der Waals surface area contributed by atoms with Crippen molar-refractivity contribution in [2.24, 2.45) is 0 Å². The molecular weight excluding hydrogens is 386 g/mol. The van der Waals surface area contributed by atoms with Crippen molar-refractivity contribution in [3.05, 3.63) is 21.6 Å². The van der Waals surface area contributed by atoms with Crippen molar-refractivity contribution in [3.63, 3.8) is 0 Å². The lowest BCUT2D eigenvalue weighted by molar-refractivity contribution is 0.0603. The van der Waals surface area contributed by atoms with Gasteiger partial charge in [-0.1, -0.05) is 11.6 Å². The smallest absolute Gasteiger partial charge is 0.244 e. The zero-order chi connectivity index (χ0) is 16.0. The molecule has 1 aromatic carbocycles. The highest BCUT2D eigenvalue weighted by Gasteiger charge is 2.22. The molecule has 0 heterocycles. The number of aliphatic hydroxyl groups excluding tert-OH is 1. The molecule has 1 atom stereocenters. The van der Waals surface area contributed by atoms with Gasteiger partial charge in [-0.15, -0.1) is 0 Å². The van der Waals surface area contributed by atoms with E-state index in [2.05, 4.69) is 20.7 Å². The lowest BCUT2D eigenvalue weighted by Gasteiger charge is -2.14. The van der Waals surface area contributed by atoms with E-state index < -0.39 is 16.1 Å². The fourth-order valence-electron chi connectivity index (χ4n) is 1.65. The number of halogens is 2. The first-order chi connectivity index (χ1) is 9.81. The molecule has 1 aromatic rings. The molecule has 0 amide bonds. The molecule has 6 nitrogen and oxygen atoms in total. The van der Waals surface area contributed by atoms with Crippen LogP contribution in [0.4, 0.5) is 0 Å². The van der Waals surface area contributed by atoms with E-state index >= 15 is 0 Å². The third-order valence-electron chi connectivity index (χ3n) is 2.60. The van der Waals surface area contributed by atoms with Crippen LogP contribution in [0.1, 0.15) is 6.42 Å². The van der Waals surface area contributed by atoms with Crippen molar-refractivity contribution >= 4 is 37.6 Å². The van der Waals surface area contributed by atoms with Crippen molar-refractivity contribution in [1.82, 2.24) is 4.72 Å². The van der Waals surface area contributed by atoms with Crippen LogP contribution in [0.3, 0.4) is 0 Å². The summed E-state index contributed by atoms with van der Waals surface area (Å²) < 4.78 is 37.2. The van der Waals surface area contributed by atoms with Crippen molar-refractivity contribution in [3.8, 4) is 5.75 Å². The molecule has 9 heteroatoms. The summed E-state index contributed by atoms with van der Waals surface area (Å²) in [5, 5.41) is 9.76. The summed E-state index contributed by atoms with van der Waals surface area (Å²) in [6, 6.07) is 2.85. The summed E-state index contributed by atoms with van der Waals surface area (Å²) in [7, 11) is -0.970. The molecule has 0 aliphatic carbocycles. The number of methoxy groups -OCH3 is 2. The number of benzene rings is 1. The van der Waals surface area contributed by atoms with Gasteiger partial charge in [0.15, 0.2) is 5.75 Å². The summed E-state index contributed by atoms with van der Waals surface area (Å²) in [6.45, 7) is 0.216. The first kappa shape index (κ1) is 18.7. The van der Waals surface area contributed by atoms with Crippen LogP contribution in [0.2, 0.25) is 5.02 Å². The van der Waals surface area contributed by atoms with Crippen LogP contribution < -0.4 is 9.46 Å². The van der Waals surface area contributed by atoms with Gasteiger partial charge in [-0.3, -0.25) is 0 Å². The van der Waals surface area contributed by atoms with Crippen LogP contribution in [0.5, 0.6) is 5.75 Å². The van der Waals surface area contributed by atoms with Gasteiger partial charge in [0.05, 0.1) is 24.3 Å². The predicted octanol–water partition coefficient (Wildman–Crippen LogP) is 1.79. The van der Waals surface area contributed by atoms with Gasteiger partial charge < -0.3 is 14.6 Å². The summed E-state index contributed by atoms with van der Waals surface area (Å²) in [4.78, 5) is -0.0643. The summed E-state index contributed by atoms with van der Waals surface area (Å²) in [5.41, 5.74) is 0. The molecule has 0 spiro atoms. The van der Waals surface area contributed by atoms with E-state index in [-0.39, 0.29) is 35.2 Å². The summed E-state index contributed by atoms with van der Waals surface area (Å²) in [5.74, 6) is 0.171. The van der Waals surface area contributed by atoms with E-state index in [0.29, 0.717) is 4.47 Å². The monoisotopic (exact) mass is 401 g/mol. The highest BCUT2D eigenvalue weighted by Crippen LogP contribution is 2.35. The standard InChI is InChI=1S/C12H17BrClNO5S/c1-19-7-9(16)3-4-15-21(17,18)11-6-8(14)5-10(13)12(11)20-2/h5-6,9,15-16H,3-4,7H2,1-2H3. The highest BCUT2D eigenvalue weighted by molar-refractivity contribution is 9.10. The minimum Gasteiger partial charge on any atom is -0.494 e. The average Bonchev–Trinajstić information content (AvgIpc) is 2.38.